The van der Waals surface area contributed by atoms with Crippen molar-refractivity contribution < 1.29 is 28.2 Å². The number of likely N-dealkylation sites (tertiary alicyclic amines) is 1. The van der Waals surface area contributed by atoms with E-state index in [9.17, 15) is 14.0 Å². The minimum Gasteiger partial charge on any atom is -0.417 e. The number of nitrogens with one attached hydrogen (secondary N) is 2. The minimum absolute atomic E-state index is 0.136. The first kappa shape index (κ1) is 21.5. The highest BCUT2D eigenvalue weighted by Crippen LogP contribution is 2.28. The Kier molecular flexibility index (Phi) is 6.83. The molecule has 0 spiro atoms. The Hall–Kier alpha value is -3.20. The summed E-state index contributed by atoms with van der Waals surface area (Å²) in [5.74, 6) is -0.462. The Balaban J connectivity index is 1.74. The highest BCUT2D eigenvalue weighted by Gasteiger charge is 2.44. The molecule has 1 saturated heterocycles. The molecule has 9 heteroatoms. The van der Waals surface area contributed by atoms with Crippen molar-refractivity contribution in [3.63, 3.8) is 0 Å². The molecule has 160 valence electrons. The summed E-state index contributed by atoms with van der Waals surface area (Å²) in [6, 6.07) is 6.76. The molecule has 1 fully saturated rings. The Morgan fingerprint density at radius 1 is 1.10 bits per heavy atom. The third kappa shape index (κ3) is 5.44. The van der Waals surface area contributed by atoms with E-state index in [1.807, 2.05) is 6.92 Å². The van der Waals surface area contributed by atoms with Gasteiger partial charge in [0.2, 0.25) is 0 Å². The van der Waals surface area contributed by atoms with Crippen LogP contribution in [0.3, 0.4) is 0 Å². The maximum atomic E-state index is 14.2. The second-order valence-corrected chi connectivity index (χ2v) is 7.13. The number of halogens is 1. The summed E-state index contributed by atoms with van der Waals surface area (Å²) in [6.45, 7) is 4.68. The Morgan fingerprint density at radius 2 is 1.83 bits per heavy atom. The molecule has 0 aliphatic carbocycles. The summed E-state index contributed by atoms with van der Waals surface area (Å²) in [6.07, 6.45) is 3.62. The van der Waals surface area contributed by atoms with Crippen LogP contribution in [0.1, 0.15) is 31.9 Å². The van der Waals surface area contributed by atoms with Gasteiger partial charge in [-0.25, -0.2) is 9.18 Å². The number of carbonyl (C=O) groups excluding carboxylic acids is 2. The summed E-state index contributed by atoms with van der Waals surface area (Å²) in [5, 5.41) is 5.20. The maximum Gasteiger partial charge on any atom is 0.559 e. The molecule has 0 radical (unpaired) electrons. The third-order valence-corrected chi connectivity index (χ3v) is 4.72. The molecular formula is C21H26FN4O4+. The fraction of sp³-hybridized carbons (Fsp3) is 0.381. The minimum atomic E-state index is -0.598. The van der Waals surface area contributed by atoms with E-state index in [2.05, 4.69) is 15.6 Å². The van der Waals surface area contributed by atoms with Crippen molar-refractivity contribution in [1.82, 2.24) is 4.98 Å². The maximum absolute atomic E-state index is 14.2. The monoisotopic (exact) mass is 417 g/mol. The van der Waals surface area contributed by atoms with Gasteiger partial charge < -0.3 is 20.2 Å². The van der Waals surface area contributed by atoms with E-state index in [4.69, 9.17) is 9.57 Å². The number of anilines is 2. The Bertz CT molecular complexity index is 898. The largest absolute Gasteiger partial charge is 0.559 e. The van der Waals surface area contributed by atoms with E-state index in [-0.39, 0.29) is 22.7 Å². The molecule has 2 aromatic rings. The van der Waals surface area contributed by atoms with E-state index in [1.54, 1.807) is 19.1 Å². The number of amides is 3. The molecule has 3 amide bonds. The summed E-state index contributed by atoms with van der Waals surface area (Å²) >= 11 is 0. The third-order valence-electron chi connectivity index (χ3n) is 4.72. The Labute approximate surface area is 174 Å². The number of pyridine rings is 1. The van der Waals surface area contributed by atoms with Crippen molar-refractivity contribution in [2.24, 2.45) is 0 Å². The van der Waals surface area contributed by atoms with Gasteiger partial charge in [0, 0.05) is 36.4 Å². The topological polar surface area (TPSA) is 89.5 Å². The van der Waals surface area contributed by atoms with E-state index in [0.717, 1.165) is 25.0 Å². The lowest BCUT2D eigenvalue weighted by Crippen LogP contribution is -2.58. The van der Waals surface area contributed by atoms with Crippen LogP contribution in [0.5, 0.6) is 5.75 Å². The molecule has 0 saturated carbocycles. The van der Waals surface area contributed by atoms with Crippen LogP contribution in [-0.2, 0) is 4.74 Å². The first-order valence-corrected chi connectivity index (χ1v) is 9.95. The van der Waals surface area contributed by atoms with Gasteiger partial charge in [0.25, 0.3) is 0 Å². The molecule has 2 heterocycles. The van der Waals surface area contributed by atoms with Crippen LogP contribution >= 0.6 is 0 Å². The summed E-state index contributed by atoms with van der Waals surface area (Å²) < 4.78 is 19.0. The molecular weight excluding hydrogens is 391 g/mol. The van der Waals surface area contributed by atoms with Crippen molar-refractivity contribution in [3.05, 3.63) is 48.0 Å². The van der Waals surface area contributed by atoms with Gasteiger partial charge in [0.1, 0.15) is 18.9 Å². The molecule has 1 aliphatic heterocycles. The van der Waals surface area contributed by atoms with Crippen molar-refractivity contribution in [2.45, 2.75) is 33.1 Å². The van der Waals surface area contributed by atoms with Gasteiger partial charge in [0.15, 0.2) is 5.75 Å². The zero-order valence-corrected chi connectivity index (χ0v) is 17.1. The standard InChI is InChI=1S/C21H25FN4O4/c1-3-29-21(28)26(9-5-4-6-10-26)30-19-12-16(22)11-18(13-19)25-20(27)24-17-8-7-15(2)23-14-17/h7-8,11-14H,3-6,9-10H2,1-2H3,(H-,24,25,27)/p+1. The van der Waals surface area contributed by atoms with Crippen molar-refractivity contribution in [2.75, 3.05) is 30.3 Å². The average molecular weight is 417 g/mol. The fourth-order valence-electron chi connectivity index (χ4n) is 3.30. The van der Waals surface area contributed by atoms with Crippen LogP contribution in [0.4, 0.5) is 25.4 Å². The summed E-state index contributed by atoms with van der Waals surface area (Å²) in [4.78, 5) is 34.8. The zero-order valence-electron chi connectivity index (χ0n) is 17.1. The molecule has 1 aromatic carbocycles. The molecule has 1 aromatic heterocycles. The summed E-state index contributed by atoms with van der Waals surface area (Å²) in [7, 11) is 0. The quantitative estimate of drug-likeness (QED) is 0.693. The van der Waals surface area contributed by atoms with Crippen molar-refractivity contribution in [3.8, 4) is 5.75 Å². The number of carbonyl (C=O) groups is 2. The van der Waals surface area contributed by atoms with E-state index < -0.39 is 17.9 Å². The lowest BCUT2D eigenvalue weighted by molar-refractivity contribution is -1.02. The number of aromatic nitrogens is 1. The lowest BCUT2D eigenvalue weighted by atomic mass is 10.1. The lowest BCUT2D eigenvalue weighted by Gasteiger charge is -2.34. The highest BCUT2D eigenvalue weighted by atomic mass is 19.1. The number of nitrogens with zero attached hydrogens (tertiary/aromatic N) is 2. The van der Waals surface area contributed by atoms with Crippen LogP contribution in [0.25, 0.3) is 0 Å². The SMILES string of the molecule is CCOC(=O)[N+]1(Oc2cc(F)cc(NC(=O)Nc3ccc(C)nc3)c2)CCCCC1. The number of benzene rings is 1. The second kappa shape index (κ2) is 9.53. The molecule has 0 bridgehead atoms. The first-order valence-electron chi connectivity index (χ1n) is 9.95. The van der Waals surface area contributed by atoms with Crippen LogP contribution in [-0.4, -0.2) is 41.5 Å². The molecule has 8 nitrogen and oxygen atoms in total. The van der Waals surface area contributed by atoms with Crippen LogP contribution in [0.2, 0.25) is 0 Å². The van der Waals surface area contributed by atoms with Gasteiger partial charge in [-0.2, -0.15) is 4.79 Å². The fourth-order valence-corrected chi connectivity index (χ4v) is 3.30. The number of ether oxygens (including phenoxy) is 1. The number of hydrogen-bond acceptors (Lipinski definition) is 5. The normalized spacial score (nSPS) is 15.2. The molecule has 3 rings (SSSR count). The van der Waals surface area contributed by atoms with Gasteiger partial charge in [0.05, 0.1) is 18.5 Å². The average Bonchev–Trinajstić information content (AvgIpc) is 2.70. The predicted octanol–water partition coefficient (Wildman–Crippen LogP) is 4.62. The van der Waals surface area contributed by atoms with Gasteiger partial charge in [-0.3, -0.25) is 4.98 Å². The number of hydrogen-bond donors (Lipinski definition) is 2. The number of quaternary nitrogens is 1. The predicted molar refractivity (Wildman–Crippen MR) is 110 cm³/mol. The number of aryl methyl sites for hydroxylation is 1. The first-order chi connectivity index (χ1) is 14.4. The highest BCUT2D eigenvalue weighted by molar-refractivity contribution is 5.99. The molecule has 1 aliphatic rings. The van der Waals surface area contributed by atoms with Gasteiger partial charge in [-0.1, -0.05) is 0 Å². The number of rotatable bonds is 5. The van der Waals surface area contributed by atoms with Crippen molar-refractivity contribution in [1.29, 1.82) is 0 Å². The molecule has 0 atom stereocenters. The molecule has 2 N–H and O–H groups in total. The summed E-state index contributed by atoms with van der Waals surface area (Å²) in [5.41, 5.74) is 1.52. The molecule has 30 heavy (non-hydrogen) atoms. The molecule has 0 unspecified atom stereocenters. The number of urea groups is 1. The van der Waals surface area contributed by atoms with Crippen molar-refractivity contribution >= 4 is 23.5 Å². The van der Waals surface area contributed by atoms with Gasteiger partial charge in [-0.15, -0.1) is 0 Å². The van der Waals surface area contributed by atoms with E-state index in [1.165, 1.54) is 24.4 Å². The van der Waals surface area contributed by atoms with Gasteiger partial charge >= 0.3 is 12.1 Å². The van der Waals surface area contributed by atoms with Crippen LogP contribution in [0.15, 0.2) is 36.5 Å². The Morgan fingerprint density at radius 3 is 2.50 bits per heavy atom. The smallest absolute Gasteiger partial charge is 0.417 e. The van der Waals surface area contributed by atoms with Crippen LogP contribution in [0, 0.1) is 12.7 Å². The van der Waals surface area contributed by atoms with E-state index in [0.29, 0.717) is 18.8 Å². The number of piperidine rings is 1. The van der Waals surface area contributed by atoms with E-state index >= 15 is 0 Å². The van der Waals surface area contributed by atoms with Gasteiger partial charge in [-0.05, 0) is 43.1 Å². The van der Waals surface area contributed by atoms with Crippen LogP contribution < -0.4 is 15.5 Å². The number of hydroxylamine groups is 3. The zero-order chi connectivity index (χ0) is 21.6. The second-order valence-electron chi connectivity index (χ2n) is 7.13.